The molecule has 1 aliphatic carbocycles. The average molecular weight is 198 g/mol. The quantitative estimate of drug-likeness (QED) is 0.636. The van der Waals surface area contributed by atoms with E-state index in [9.17, 15) is 9.18 Å². The van der Waals surface area contributed by atoms with Gasteiger partial charge in [0.25, 0.3) is 0 Å². The first-order valence-corrected chi connectivity index (χ1v) is 4.62. The van der Waals surface area contributed by atoms with E-state index in [1.807, 2.05) is 0 Å². The lowest BCUT2D eigenvalue weighted by Gasteiger charge is -2.15. The van der Waals surface area contributed by atoms with Crippen LogP contribution in [0, 0.1) is 23.2 Å². The summed E-state index contributed by atoms with van der Waals surface area (Å²) in [4.78, 5) is 11.9. The van der Waals surface area contributed by atoms with Crippen molar-refractivity contribution in [3.8, 4) is 6.07 Å². The Hall–Kier alpha value is -1.31. The van der Waals surface area contributed by atoms with Crippen LogP contribution in [0.4, 0.5) is 9.18 Å². The van der Waals surface area contributed by atoms with E-state index in [-0.39, 0.29) is 24.7 Å². The number of likely N-dealkylation sites (tertiary alicyclic amines) is 1. The van der Waals surface area contributed by atoms with Crippen LogP contribution in [0.5, 0.6) is 0 Å². The molecule has 0 bridgehead atoms. The Balaban J connectivity index is 2.04. The highest BCUT2D eigenvalue weighted by Gasteiger charge is 2.50. The molecule has 2 fully saturated rings. The Bertz CT molecular complexity index is 298. The Labute approximate surface area is 80.9 Å². The lowest BCUT2D eigenvalue weighted by Crippen LogP contribution is -2.30. The molecular weight excluding hydrogens is 187 g/mol. The molecule has 2 aliphatic rings. The van der Waals surface area contributed by atoms with Crippen LogP contribution in [-0.2, 0) is 0 Å². The van der Waals surface area contributed by atoms with Crippen LogP contribution < -0.4 is 0 Å². The van der Waals surface area contributed by atoms with E-state index in [0.717, 1.165) is 0 Å². The van der Waals surface area contributed by atoms with Gasteiger partial charge in [0.2, 0.25) is 0 Å². The molecule has 0 aromatic heterocycles. The predicted octanol–water partition coefficient (Wildman–Crippen LogP) is 1.24. The molecule has 3 atom stereocenters. The van der Waals surface area contributed by atoms with Crippen molar-refractivity contribution in [3.05, 3.63) is 0 Å². The molecule has 1 saturated carbocycles. The van der Waals surface area contributed by atoms with Crippen LogP contribution >= 0.6 is 0 Å². The number of carboxylic acid groups (broad SMARTS) is 1. The molecule has 1 aliphatic heterocycles. The molecule has 1 unspecified atom stereocenters. The van der Waals surface area contributed by atoms with Gasteiger partial charge in [-0.05, 0) is 24.7 Å². The van der Waals surface area contributed by atoms with Crippen molar-refractivity contribution in [1.82, 2.24) is 4.90 Å². The van der Waals surface area contributed by atoms with Crippen LogP contribution in [0.1, 0.15) is 12.8 Å². The molecule has 1 heterocycles. The van der Waals surface area contributed by atoms with Gasteiger partial charge in [-0.3, -0.25) is 0 Å². The topological polar surface area (TPSA) is 64.3 Å². The maximum absolute atomic E-state index is 13.6. The van der Waals surface area contributed by atoms with E-state index >= 15 is 0 Å². The van der Waals surface area contributed by atoms with Crippen molar-refractivity contribution in [1.29, 1.82) is 5.26 Å². The van der Waals surface area contributed by atoms with Crippen LogP contribution in [0.25, 0.3) is 0 Å². The van der Waals surface area contributed by atoms with Gasteiger partial charge in [0.1, 0.15) is 6.07 Å². The molecule has 14 heavy (non-hydrogen) atoms. The van der Waals surface area contributed by atoms with Crippen molar-refractivity contribution in [2.24, 2.45) is 11.8 Å². The highest BCUT2D eigenvalue weighted by molar-refractivity contribution is 5.65. The number of alkyl halides is 1. The lowest BCUT2D eigenvalue weighted by atomic mass is 10.0. The molecule has 5 heteroatoms. The number of rotatable bonds is 0. The summed E-state index contributed by atoms with van der Waals surface area (Å²) < 4.78 is 13.6. The Kier molecular flexibility index (Phi) is 1.88. The normalized spacial score (nSPS) is 40.7. The third-order valence-electron chi connectivity index (χ3n) is 3.22. The minimum atomic E-state index is -1.71. The summed E-state index contributed by atoms with van der Waals surface area (Å²) in [5, 5.41) is 17.3. The van der Waals surface area contributed by atoms with Crippen molar-refractivity contribution >= 4 is 6.09 Å². The summed E-state index contributed by atoms with van der Waals surface area (Å²) in [7, 11) is 0. The fourth-order valence-electron chi connectivity index (χ4n) is 2.56. The second-order valence-electron chi connectivity index (χ2n) is 4.19. The monoisotopic (exact) mass is 198 g/mol. The molecule has 2 rings (SSSR count). The predicted molar refractivity (Wildman–Crippen MR) is 45.3 cm³/mol. The zero-order valence-corrected chi connectivity index (χ0v) is 7.61. The fourth-order valence-corrected chi connectivity index (χ4v) is 2.56. The molecule has 0 radical (unpaired) electrons. The SMILES string of the molecule is N#CC1(F)C[C@H]2CN(C(=O)O)C[C@H]2C1. The fraction of sp³-hybridized carbons (Fsp3) is 0.778. The number of nitriles is 1. The lowest BCUT2D eigenvalue weighted by molar-refractivity contribution is 0.146. The zero-order chi connectivity index (χ0) is 10.3. The molecule has 1 saturated heterocycles. The molecule has 1 amide bonds. The molecule has 0 spiro atoms. The average Bonchev–Trinajstić information content (AvgIpc) is 2.59. The largest absolute Gasteiger partial charge is 0.465 e. The second kappa shape index (κ2) is 2.84. The number of hydrogen-bond donors (Lipinski definition) is 1. The standard InChI is InChI=1S/C9H11FN2O2/c10-9(5-11)1-6-3-12(8(13)14)4-7(6)2-9/h6-7H,1-4H2,(H,13,14)/t6-,7+,9?. The molecule has 76 valence electrons. The van der Waals surface area contributed by atoms with E-state index in [1.54, 1.807) is 6.07 Å². The summed E-state index contributed by atoms with van der Waals surface area (Å²) in [5.41, 5.74) is -1.71. The number of fused-ring (bicyclic) bond motifs is 1. The van der Waals surface area contributed by atoms with Crippen LogP contribution in [0.15, 0.2) is 0 Å². The number of nitrogens with zero attached hydrogens (tertiary/aromatic N) is 2. The number of halogens is 1. The van der Waals surface area contributed by atoms with Gasteiger partial charge in [-0.25, -0.2) is 9.18 Å². The van der Waals surface area contributed by atoms with E-state index in [4.69, 9.17) is 10.4 Å². The van der Waals surface area contributed by atoms with Crippen LogP contribution in [0.2, 0.25) is 0 Å². The Morgan fingerprint density at radius 1 is 1.50 bits per heavy atom. The van der Waals surface area contributed by atoms with Gasteiger partial charge in [-0.15, -0.1) is 0 Å². The first-order chi connectivity index (χ1) is 6.54. The zero-order valence-electron chi connectivity index (χ0n) is 7.61. The Morgan fingerprint density at radius 3 is 2.36 bits per heavy atom. The highest BCUT2D eigenvalue weighted by Crippen LogP contribution is 2.45. The molecular formula is C9H11FN2O2. The number of carbonyl (C=O) groups is 1. The van der Waals surface area contributed by atoms with Gasteiger partial charge in [0, 0.05) is 13.1 Å². The Morgan fingerprint density at radius 2 is 2.00 bits per heavy atom. The van der Waals surface area contributed by atoms with Gasteiger partial charge in [-0.1, -0.05) is 0 Å². The maximum atomic E-state index is 13.6. The first-order valence-electron chi connectivity index (χ1n) is 4.62. The first kappa shape index (κ1) is 9.25. The molecule has 0 aromatic rings. The minimum Gasteiger partial charge on any atom is -0.465 e. The number of hydrogen-bond acceptors (Lipinski definition) is 2. The minimum absolute atomic E-state index is 0.0377. The third kappa shape index (κ3) is 1.31. The van der Waals surface area contributed by atoms with Gasteiger partial charge in [-0.2, -0.15) is 5.26 Å². The smallest absolute Gasteiger partial charge is 0.407 e. The van der Waals surface area contributed by atoms with E-state index in [0.29, 0.717) is 13.1 Å². The summed E-state index contributed by atoms with van der Waals surface area (Å²) in [6.45, 7) is 0.765. The van der Waals surface area contributed by atoms with E-state index in [2.05, 4.69) is 0 Å². The van der Waals surface area contributed by atoms with E-state index < -0.39 is 11.8 Å². The van der Waals surface area contributed by atoms with Gasteiger partial charge >= 0.3 is 6.09 Å². The maximum Gasteiger partial charge on any atom is 0.407 e. The van der Waals surface area contributed by atoms with Gasteiger partial charge in [0.15, 0.2) is 5.67 Å². The second-order valence-corrected chi connectivity index (χ2v) is 4.19. The van der Waals surface area contributed by atoms with Crippen molar-refractivity contribution in [2.45, 2.75) is 18.5 Å². The highest BCUT2D eigenvalue weighted by atomic mass is 19.1. The molecule has 1 N–H and O–H groups in total. The van der Waals surface area contributed by atoms with Crippen molar-refractivity contribution in [3.63, 3.8) is 0 Å². The number of amides is 1. The third-order valence-corrected chi connectivity index (χ3v) is 3.22. The summed E-state index contributed by atoms with van der Waals surface area (Å²) in [5.74, 6) is 0.0755. The van der Waals surface area contributed by atoms with E-state index in [1.165, 1.54) is 4.90 Å². The summed E-state index contributed by atoms with van der Waals surface area (Å²) in [6, 6.07) is 1.68. The van der Waals surface area contributed by atoms with Crippen molar-refractivity contribution < 1.29 is 14.3 Å². The summed E-state index contributed by atoms with van der Waals surface area (Å²) in [6.07, 6.45) is -0.559. The summed E-state index contributed by atoms with van der Waals surface area (Å²) >= 11 is 0. The van der Waals surface area contributed by atoms with Crippen LogP contribution in [0.3, 0.4) is 0 Å². The van der Waals surface area contributed by atoms with Gasteiger partial charge in [0.05, 0.1) is 0 Å². The molecule has 4 nitrogen and oxygen atoms in total. The molecule has 0 aromatic carbocycles. The van der Waals surface area contributed by atoms with Gasteiger partial charge < -0.3 is 10.0 Å². The van der Waals surface area contributed by atoms with Crippen molar-refractivity contribution in [2.75, 3.05) is 13.1 Å². The van der Waals surface area contributed by atoms with Crippen LogP contribution in [-0.4, -0.2) is 34.9 Å².